The number of nitrogens with zero attached hydrogens (tertiary/aromatic N) is 1. The van der Waals surface area contributed by atoms with E-state index in [2.05, 4.69) is 4.98 Å². The van der Waals surface area contributed by atoms with Gasteiger partial charge in [-0.2, -0.15) is 0 Å². The molecule has 0 aliphatic heterocycles. The first-order valence-electron chi connectivity index (χ1n) is 4.52. The van der Waals surface area contributed by atoms with Gasteiger partial charge in [0.1, 0.15) is 0 Å². The van der Waals surface area contributed by atoms with Crippen LogP contribution in [0.1, 0.15) is 30.9 Å². The van der Waals surface area contributed by atoms with Crippen LogP contribution in [0.15, 0.2) is 24.5 Å². The fraction of sp³-hybridized carbons (Fsp3) is 0.500. The normalized spacial score (nSPS) is 19.1. The van der Waals surface area contributed by atoms with Crippen molar-refractivity contribution in [2.45, 2.75) is 25.3 Å². The quantitative estimate of drug-likeness (QED) is 0.737. The molecule has 1 fully saturated rings. The van der Waals surface area contributed by atoms with Crippen molar-refractivity contribution in [2.75, 3.05) is 0 Å². The Bertz CT molecular complexity index is 241. The summed E-state index contributed by atoms with van der Waals surface area (Å²) in [7, 11) is 0. The largest absolute Gasteiger partial charge is 0.324 e. The SMILES string of the molecule is N[C@H](CC1CC1)c1ccncc1. The van der Waals surface area contributed by atoms with Crippen LogP contribution in [0, 0.1) is 5.92 Å². The number of pyridine rings is 1. The Morgan fingerprint density at radius 3 is 2.67 bits per heavy atom. The highest BCUT2D eigenvalue weighted by molar-refractivity contribution is 5.14. The lowest BCUT2D eigenvalue weighted by molar-refractivity contribution is 0.596. The molecule has 1 atom stereocenters. The zero-order valence-corrected chi connectivity index (χ0v) is 7.11. The van der Waals surface area contributed by atoms with Crippen molar-refractivity contribution in [2.24, 2.45) is 11.7 Å². The minimum Gasteiger partial charge on any atom is -0.324 e. The summed E-state index contributed by atoms with van der Waals surface area (Å²) in [4.78, 5) is 3.97. The summed E-state index contributed by atoms with van der Waals surface area (Å²) >= 11 is 0. The average molecular weight is 162 g/mol. The third-order valence-electron chi connectivity index (χ3n) is 2.42. The van der Waals surface area contributed by atoms with E-state index < -0.39 is 0 Å². The molecule has 64 valence electrons. The number of rotatable bonds is 3. The van der Waals surface area contributed by atoms with Crippen LogP contribution in [-0.4, -0.2) is 4.98 Å². The van der Waals surface area contributed by atoms with Gasteiger partial charge in [0.2, 0.25) is 0 Å². The zero-order valence-electron chi connectivity index (χ0n) is 7.11. The van der Waals surface area contributed by atoms with Crippen LogP contribution in [0.3, 0.4) is 0 Å². The monoisotopic (exact) mass is 162 g/mol. The molecule has 1 aliphatic carbocycles. The molecule has 0 bridgehead atoms. The number of nitrogens with two attached hydrogens (primary N) is 1. The summed E-state index contributed by atoms with van der Waals surface area (Å²) < 4.78 is 0. The van der Waals surface area contributed by atoms with E-state index in [9.17, 15) is 0 Å². The van der Waals surface area contributed by atoms with Gasteiger partial charge in [-0.3, -0.25) is 4.98 Å². The number of aromatic nitrogens is 1. The predicted octanol–water partition coefficient (Wildman–Crippen LogP) is 1.88. The lowest BCUT2D eigenvalue weighted by Crippen LogP contribution is -2.10. The molecule has 1 aromatic heterocycles. The lowest BCUT2D eigenvalue weighted by atomic mass is 10.0. The maximum Gasteiger partial charge on any atom is 0.0298 e. The third-order valence-corrected chi connectivity index (χ3v) is 2.42. The van der Waals surface area contributed by atoms with Crippen molar-refractivity contribution in [3.8, 4) is 0 Å². The van der Waals surface area contributed by atoms with E-state index in [4.69, 9.17) is 5.73 Å². The van der Waals surface area contributed by atoms with Crippen molar-refractivity contribution < 1.29 is 0 Å². The van der Waals surface area contributed by atoms with E-state index in [0.29, 0.717) is 0 Å². The van der Waals surface area contributed by atoms with E-state index in [1.54, 1.807) is 0 Å². The minimum atomic E-state index is 0.223. The van der Waals surface area contributed by atoms with Crippen molar-refractivity contribution in [3.05, 3.63) is 30.1 Å². The molecule has 0 saturated heterocycles. The van der Waals surface area contributed by atoms with Crippen LogP contribution in [-0.2, 0) is 0 Å². The van der Waals surface area contributed by atoms with Gasteiger partial charge < -0.3 is 5.73 Å². The molecule has 0 spiro atoms. The summed E-state index contributed by atoms with van der Waals surface area (Å²) in [5.74, 6) is 0.896. The smallest absolute Gasteiger partial charge is 0.0298 e. The summed E-state index contributed by atoms with van der Waals surface area (Å²) in [6, 6.07) is 4.24. The van der Waals surface area contributed by atoms with Crippen LogP contribution in [0.2, 0.25) is 0 Å². The molecule has 0 amide bonds. The van der Waals surface area contributed by atoms with Crippen LogP contribution in [0.5, 0.6) is 0 Å². The molecule has 2 rings (SSSR count). The molecule has 1 aromatic rings. The fourth-order valence-electron chi connectivity index (χ4n) is 1.46. The van der Waals surface area contributed by atoms with Gasteiger partial charge in [0.15, 0.2) is 0 Å². The molecule has 2 N–H and O–H groups in total. The molecule has 1 heterocycles. The van der Waals surface area contributed by atoms with E-state index in [1.807, 2.05) is 24.5 Å². The summed E-state index contributed by atoms with van der Waals surface area (Å²) in [6.07, 6.45) is 7.51. The van der Waals surface area contributed by atoms with Gasteiger partial charge in [0.25, 0.3) is 0 Å². The van der Waals surface area contributed by atoms with Crippen LogP contribution < -0.4 is 5.73 Å². The molecular weight excluding hydrogens is 148 g/mol. The molecule has 1 aliphatic rings. The summed E-state index contributed by atoms with van der Waals surface area (Å²) in [5, 5.41) is 0. The van der Waals surface area contributed by atoms with Crippen molar-refractivity contribution >= 4 is 0 Å². The highest BCUT2D eigenvalue weighted by Crippen LogP contribution is 2.36. The average Bonchev–Trinajstić information content (AvgIpc) is 2.90. The van der Waals surface area contributed by atoms with Gasteiger partial charge in [-0.25, -0.2) is 0 Å². The Labute approximate surface area is 72.8 Å². The minimum absolute atomic E-state index is 0.223. The van der Waals surface area contributed by atoms with E-state index >= 15 is 0 Å². The maximum absolute atomic E-state index is 6.01. The molecule has 1 saturated carbocycles. The van der Waals surface area contributed by atoms with E-state index in [0.717, 1.165) is 12.3 Å². The van der Waals surface area contributed by atoms with Crippen LogP contribution >= 0.6 is 0 Å². The summed E-state index contributed by atoms with van der Waals surface area (Å²) in [5.41, 5.74) is 7.23. The maximum atomic E-state index is 6.01. The third kappa shape index (κ3) is 1.83. The highest BCUT2D eigenvalue weighted by atomic mass is 14.7. The Morgan fingerprint density at radius 1 is 1.42 bits per heavy atom. The Morgan fingerprint density at radius 2 is 2.08 bits per heavy atom. The first-order valence-corrected chi connectivity index (χ1v) is 4.52. The standard InChI is InChI=1S/C10H14N2/c11-10(7-8-1-2-8)9-3-5-12-6-4-9/h3-6,8,10H,1-2,7,11H2/t10-/m1/s1. The van der Waals surface area contributed by atoms with Crippen molar-refractivity contribution in [3.63, 3.8) is 0 Å². The lowest BCUT2D eigenvalue weighted by Gasteiger charge is -2.09. The predicted molar refractivity (Wildman–Crippen MR) is 48.5 cm³/mol. The van der Waals surface area contributed by atoms with Crippen LogP contribution in [0.4, 0.5) is 0 Å². The molecular formula is C10H14N2. The van der Waals surface area contributed by atoms with Gasteiger partial charge in [0.05, 0.1) is 0 Å². The topological polar surface area (TPSA) is 38.9 Å². The highest BCUT2D eigenvalue weighted by Gasteiger charge is 2.24. The molecule has 2 nitrogen and oxygen atoms in total. The Hall–Kier alpha value is -0.890. The van der Waals surface area contributed by atoms with Gasteiger partial charge in [-0.15, -0.1) is 0 Å². The second-order valence-electron chi connectivity index (χ2n) is 3.57. The van der Waals surface area contributed by atoms with Gasteiger partial charge >= 0.3 is 0 Å². The van der Waals surface area contributed by atoms with Gasteiger partial charge in [0, 0.05) is 18.4 Å². The number of hydrogen-bond acceptors (Lipinski definition) is 2. The Kier molecular flexibility index (Phi) is 2.09. The molecule has 12 heavy (non-hydrogen) atoms. The van der Waals surface area contributed by atoms with Crippen molar-refractivity contribution in [1.82, 2.24) is 4.98 Å². The first-order chi connectivity index (χ1) is 5.86. The van der Waals surface area contributed by atoms with Gasteiger partial charge in [-0.05, 0) is 30.0 Å². The Balaban J connectivity index is 1.98. The number of hydrogen-bond donors (Lipinski definition) is 1. The molecule has 0 aromatic carbocycles. The first kappa shape index (κ1) is 7.74. The second-order valence-corrected chi connectivity index (χ2v) is 3.57. The van der Waals surface area contributed by atoms with E-state index in [1.165, 1.54) is 18.4 Å². The fourth-order valence-corrected chi connectivity index (χ4v) is 1.46. The summed E-state index contributed by atoms with van der Waals surface area (Å²) in [6.45, 7) is 0. The van der Waals surface area contributed by atoms with Gasteiger partial charge in [-0.1, -0.05) is 12.8 Å². The van der Waals surface area contributed by atoms with E-state index in [-0.39, 0.29) is 6.04 Å². The molecule has 0 radical (unpaired) electrons. The molecule has 0 unspecified atom stereocenters. The zero-order chi connectivity index (χ0) is 8.39. The second kappa shape index (κ2) is 3.23. The molecule has 2 heteroatoms. The van der Waals surface area contributed by atoms with Crippen LogP contribution in [0.25, 0.3) is 0 Å². The van der Waals surface area contributed by atoms with Crippen molar-refractivity contribution in [1.29, 1.82) is 0 Å².